The predicted octanol–water partition coefficient (Wildman–Crippen LogP) is 3.28. The fourth-order valence-electron chi connectivity index (χ4n) is 2.91. The minimum Gasteiger partial charge on any atom is -0.494 e. The Morgan fingerprint density at radius 3 is 2.88 bits per heavy atom. The molecular formula is C17H16FN3O4. The van der Waals surface area contributed by atoms with Gasteiger partial charge in [-0.05, 0) is 11.6 Å². The van der Waals surface area contributed by atoms with E-state index in [2.05, 4.69) is 10.6 Å². The smallest absolute Gasteiger partial charge is 0.295 e. The van der Waals surface area contributed by atoms with Crippen molar-refractivity contribution in [1.29, 1.82) is 0 Å². The lowest BCUT2D eigenvalue weighted by Gasteiger charge is -2.26. The molecule has 0 saturated carbocycles. The summed E-state index contributed by atoms with van der Waals surface area (Å²) in [5.41, 5.74) is 1.45. The van der Waals surface area contributed by atoms with Crippen LogP contribution in [-0.2, 0) is 4.79 Å². The van der Waals surface area contributed by atoms with Crippen molar-refractivity contribution < 1.29 is 18.8 Å². The zero-order valence-corrected chi connectivity index (χ0v) is 13.4. The lowest BCUT2D eigenvalue weighted by molar-refractivity contribution is -0.384. The van der Waals surface area contributed by atoms with E-state index in [0.717, 1.165) is 17.3 Å². The molecule has 0 saturated heterocycles. The lowest BCUT2D eigenvalue weighted by atomic mass is 9.90. The minimum absolute atomic E-state index is 0.0881. The highest BCUT2D eigenvalue weighted by atomic mass is 19.1. The molecule has 130 valence electrons. The average molecular weight is 345 g/mol. The summed E-state index contributed by atoms with van der Waals surface area (Å²) in [5.74, 6) is -1.16. The van der Waals surface area contributed by atoms with Gasteiger partial charge in [-0.15, -0.1) is 0 Å². The largest absolute Gasteiger partial charge is 0.494 e. The van der Waals surface area contributed by atoms with E-state index in [-0.39, 0.29) is 35.4 Å². The van der Waals surface area contributed by atoms with Crippen LogP contribution in [0.3, 0.4) is 0 Å². The Balaban J connectivity index is 1.87. The monoisotopic (exact) mass is 345 g/mol. The quantitative estimate of drug-likeness (QED) is 0.641. The molecule has 0 spiro atoms. The molecule has 8 heteroatoms. The van der Waals surface area contributed by atoms with Crippen LogP contribution in [0.4, 0.5) is 21.5 Å². The first-order valence-electron chi connectivity index (χ1n) is 7.64. The van der Waals surface area contributed by atoms with Crippen LogP contribution in [0.5, 0.6) is 5.75 Å². The molecule has 0 aromatic heterocycles. The number of carbonyl (C=O) groups is 1. The van der Waals surface area contributed by atoms with Gasteiger partial charge in [0.1, 0.15) is 5.69 Å². The highest BCUT2D eigenvalue weighted by molar-refractivity contribution is 5.94. The number of hydrogen-bond donors (Lipinski definition) is 2. The van der Waals surface area contributed by atoms with Gasteiger partial charge in [0.15, 0.2) is 11.6 Å². The van der Waals surface area contributed by atoms with E-state index in [1.54, 1.807) is 0 Å². The van der Waals surface area contributed by atoms with Crippen molar-refractivity contribution in [3.63, 3.8) is 0 Å². The summed E-state index contributed by atoms with van der Waals surface area (Å²) in [6.45, 7) is 0.292. The van der Waals surface area contributed by atoms with Crippen LogP contribution in [0.15, 0.2) is 36.4 Å². The number of amides is 1. The number of para-hydroxylation sites is 1. The molecule has 1 heterocycles. The van der Waals surface area contributed by atoms with E-state index in [0.29, 0.717) is 6.54 Å². The highest BCUT2D eigenvalue weighted by Crippen LogP contribution is 2.35. The van der Waals surface area contributed by atoms with Gasteiger partial charge in [-0.3, -0.25) is 14.9 Å². The number of fused-ring (bicyclic) bond motifs is 1. The first-order valence-corrected chi connectivity index (χ1v) is 7.64. The van der Waals surface area contributed by atoms with E-state index in [1.165, 1.54) is 13.2 Å². The predicted molar refractivity (Wildman–Crippen MR) is 90.5 cm³/mol. The number of ether oxygens (including phenoxy) is 1. The molecule has 3 rings (SSSR count). The van der Waals surface area contributed by atoms with Crippen molar-refractivity contribution in [2.24, 2.45) is 0 Å². The Morgan fingerprint density at radius 2 is 2.16 bits per heavy atom. The third kappa shape index (κ3) is 3.37. The van der Waals surface area contributed by atoms with Crippen LogP contribution in [0.25, 0.3) is 0 Å². The SMILES string of the molecule is COc1cc(NC[C@@H]2CC(=O)Nc3ccccc32)c([N+](=O)[O-])cc1F. The van der Waals surface area contributed by atoms with Gasteiger partial charge < -0.3 is 15.4 Å². The van der Waals surface area contributed by atoms with Crippen LogP contribution in [-0.4, -0.2) is 24.5 Å². The third-order valence-electron chi connectivity index (χ3n) is 4.11. The summed E-state index contributed by atoms with van der Waals surface area (Å²) >= 11 is 0. The number of nitrogens with one attached hydrogen (secondary N) is 2. The number of methoxy groups -OCH3 is 1. The van der Waals surface area contributed by atoms with Gasteiger partial charge >= 0.3 is 0 Å². The molecule has 1 amide bonds. The van der Waals surface area contributed by atoms with E-state index in [1.807, 2.05) is 24.3 Å². The lowest BCUT2D eigenvalue weighted by Crippen LogP contribution is -2.26. The number of rotatable bonds is 5. The van der Waals surface area contributed by atoms with Crippen LogP contribution in [0.1, 0.15) is 17.9 Å². The molecule has 1 aliphatic rings. The van der Waals surface area contributed by atoms with Gasteiger partial charge in [0.25, 0.3) is 5.69 Å². The molecule has 0 bridgehead atoms. The molecule has 25 heavy (non-hydrogen) atoms. The summed E-state index contributed by atoms with van der Waals surface area (Å²) in [5, 5.41) is 16.9. The number of carbonyl (C=O) groups excluding carboxylic acids is 1. The van der Waals surface area contributed by atoms with Gasteiger partial charge in [0, 0.05) is 30.6 Å². The first-order chi connectivity index (χ1) is 12.0. The Hall–Kier alpha value is -3.16. The molecule has 0 unspecified atom stereocenters. The van der Waals surface area contributed by atoms with Gasteiger partial charge in [-0.2, -0.15) is 0 Å². The maximum atomic E-state index is 13.7. The van der Waals surface area contributed by atoms with Crippen LogP contribution in [0, 0.1) is 15.9 Å². The zero-order chi connectivity index (χ0) is 18.0. The number of nitro benzene ring substituents is 1. The summed E-state index contributed by atoms with van der Waals surface area (Å²) in [7, 11) is 1.29. The molecule has 0 fully saturated rings. The molecule has 0 aliphatic carbocycles. The van der Waals surface area contributed by atoms with Crippen molar-refractivity contribution in [3.8, 4) is 5.75 Å². The molecule has 1 aliphatic heterocycles. The Bertz CT molecular complexity index is 841. The maximum Gasteiger partial charge on any atom is 0.295 e. The second-order valence-corrected chi connectivity index (χ2v) is 5.68. The molecule has 2 aromatic rings. The molecular weight excluding hydrogens is 329 g/mol. The molecule has 0 radical (unpaired) electrons. The number of nitro groups is 1. The molecule has 1 atom stereocenters. The third-order valence-corrected chi connectivity index (χ3v) is 4.11. The normalized spacial score (nSPS) is 15.9. The zero-order valence-electron chi connectivity index (χ0n) is 13.4. The number of benzene rings is 2. The Labute approximate surface area is 143 Å². The average Bonchev–Trinajstić information content (AvgIpc) is 2.59. The van der Waals surface area contributed by atoms with E-state index >= 15 is 0 Å². The number of halogens is 1. The molecule has 7 nitrogen and oxygen atoms in total. The van der Waals surface area contributed by atoms with Crippen LogP contribution in [0.2, 0.25) is 0 Å². The fraction of sp³-hybridized carbons (Fsp3) is 0.235. The molecule has 2 aromatic carbocycles. The number of anilines is 2. The van der Waals surface area contributed by atoms with Crippen molar-refractivity contribution in [1.82, 2.24) is 0 Å². The second-order valence-electron chi connectivity index (χ2n) is 5.68. The number of nitrogens with zero attached hydrogens (tertiary/aromatic N) is 1. The summed E-state index contributed by atoms with van der Waals surface area (Å²) in [6.07, 6.45) is 0.260. The van der Waals surface area contributed by atoms with Crippen molar-refractivity contribution in [3.05, 3.63) is 57.9 Å². The minimum atomic E-state index is -0.804. The van der Waals surface area contributed by atoms with E-state index < -0.39 is 10.7 Å². The van der Waals surface area contributed by atoms with Crippen molar-refractivity contribution >= 4 is 23.0 Å². The van der Waals surface area contributed by atoms with Crippen molar-refractivity contribution in [2.45, 2.75) is 12.3 Å². The Morgan fingerprint density at radius 1 is 1.40 bits per heavy atom. The van der Waals surface area contributed by atoms with E-state index in [4.69, 9.17) is 4.74 Å². The van der Waals surface area contributed by atoms with Crippen LogP contribution < -0.4 is 15.4 Å². The van der Waals surface area contributed by atoms with Crippen molar-refractivity contribution in [2.75, 3.05) is 24.3 Å². The summed E-state index contributed by atoms with van der Waals surface area (Å²) < 4.78 is 18.6. The Kier molecular flexibility index (Phi) is 4.51. The summed E-state index contributed by atoms with van der Waals surface area (Å²) in [6, 6.07) is 9.48. The standard InChI is InChI=1S/C17H16FN3O4/c1-25-16-8-14(15(21(23)24)7-12(16)18)19-9-10-6-17(22)20-13-5-3-2-4-11(10)13/h2-5,7-8,10,19H,6,9H2,1H3,(H,20,22)/t10-/m0/s1. The van der Waals surface area contributed by atoms with Gasteiger partial charge in [0.05, 0.1) is 18.1 Å². The first kappa shape index (κ1) is 16.7. The second kappa shape index (κ2) is 6.76. The maximum absolute atomic E-state index is 13.7. The summed E-state index contributed by atoms with van der Waals surface area (Å²) in [4.78, 5) is 22.4. The van der Waals surface area contributed by atoms with Gasteiger partial charge in [0.2, 0.25) is 5.91 Å². The fourth-order valence-corrected chi connectivity index (χ4v) is 2.91. The van der Waals surface area contributed by atoms with E-state index in [9.17, 15) is 19.3 Å². The number of hydrogen-bond acceptors (Lipinski definition) is 5. The van der Waals surface area contributed by atoms with Crippen LogP contribution >= 0.6 is 0 Å². The van der Waals surface area contributed by atoms with Gasteiger partial charge in [-0.25, -0.2) is 4.39 Å². The molecule has 2 N–H and O–H groups in total. The van der Waals surface area contributed by atoms with Gasteiger partial charge in [-0.1, -0.05) is 18.2 Å². The highest BCUT2D eigenvalue weighted by Gasteiger charge is 2.26. The topological polar surface area (TPSA) is 93.5 Å².